The summed E-state index contributed by atoms with van der Waals surface area (Å²) in [5.74, 6) is -1.03. The van der Waals surface area contributed by atoms with Crippen LogP contribution in [-0.2, 0) is 27.3 Å². The van der Waals surface area contributed by atoms with Gasteiger partial charge in [-0.15, -0.1) is 5.10 Å². The van der Waals surface area contributed by atoms with E-state index in [2.05, 4.69) is 41.8 Å². The van der Waals surface area contributed by atoms with Crippen LogP contribution in [0.15, 0.2) is 41.0 Å². The highest BCUT2D eigenvalue weighted by Crippen LogP contribution is 2.22. The number of tetrazole rings is 1. The fourth-order valence-electron chi connectivity index (χ4n) is 4.60. The molecule has 3 heterocycles. The molecule has 3 aromatic rings. The molecule has 0 radical (unpaired) electrons. The van der Waals surface area contributed by atoms with E-state index in [0.29, 0.717) is 31.6 Å². The summed E-state index contributed by atoms with van der Waals surface area (Å²) in [6.07, 6.45) is 2.95. The van der Waals surface area contributed by atoms with E-state index in [0.717, 1.165) is 5.56 Å². The number of oxazole rings is 1. The SMILES string of the molecule is Cc1nnnn1CCC(=O)N[C@H]1CCCCNC(=O)c2coc(n2)[C@H](C(C)C)NC(=O)[C@H](Cc2ccccc2)NC1=O. The normalized spacial score (nSPS) is 20.5. The maximum absolute atomic E-state index is 13.7. The predicted molar refractivity (Wildman–Crippen MR) is 150 cm³/mol. The largest absolute Gasteiger partial charge is 0.446 e. The number of amides is 4. The number of benzene rings is 1. The first-order valence-corrected chi connectivity index (χ1v) is 14.1. The van der Waals surface area contributed by atoms with Crippen LogP contribution in [0.1, 0.15) is 73.3 Å². The number of carbonyl (C=O) groups is 4. The number of hydrogen-bond acceptors (Lipinski definition) is 9. The highest BCUT2D eigenvalue weighted by Gasteiger charge is 2.31. The fraction of sp³-hybridized carbons (Fsp3) is 0.500. The number of carbonyl (C=O) groups excluding carboxylic acids is 4. The lowest BCUT2D eigenvalue weighted by Crippen LogP contribution is -2.55. The summed E-state index contributed by atoms with van der Waals surface area (Å²) in [5, 5.41) is 22.7. The van der Waals surface area contributed by atoms with Gasteiger partial charge in [-0.25, -0.2) is 9.67 Å². The topological polar surface area (TPSA) is 186 Å². The van der Waals surface area contributed by atoms with E-state index in [4.69, 9.17) is 4.42 Å². The fourth-order valence-corrected chi connectivity index (χ4v) is 4.60. The van der Waals surface area contributed by atoms with Crippen molar-refractivity contribution in [2.24, 2.45) is 5.92 Å². The molecular formula is C28H37N9O5. The maximum Gasteiger partial charge on any atom is 0.273 e. The van der Waals surface area contributed by atoms with Crippen molar-refractivity contribution in [1.29, 1.82) is 0 Å². The summed E-state index contributed by atoms with van der Waals surface area (Å²) >= 11 is 0. The molecule has 0 saturated heterocycles. The second-order valence-corrected chi connectivity index (χ2v) is 10.6. The lowest BCUT2D eigenvalue weighted by molar-refractivity contribution is -0.132. The molecule has 14 nitrogen and oxygen atoms in total. The Kier molecular flexibility index (Phi) is 10.3. The number of nitrogens with zero attached hydrogens (tertiary/aromatic N) is 5. The Labute approximate surface area is 243 Å². The quantitative estimate of drug-likeness (QED) is 0.317. The van der Waals surface area contributed by atoms with Gasteiger partial charge in [-0.05, 0) is 48.1 Å². The Hall–Kier alpha value is -4.62. The number of nitrogens with one attached hydrogen (secondary N) is 4. The summed E-state index contributed by atoms with van der Waals surface area (Å²) in [4.78, 5) is 57.1. The molecular weight excluding hydrogens is 542 g/mol. The zero-order valence-electron chi connectivity index (χ0n) is 24.0. The van der Waals surface area contributed by atoms with Crippen LogP contribution in [0, 0.1) is 12.8 Å². The van der Waals surface area contributed by atoms with Gasteiger partial charge in [-0.1, -0.05) is 44.2 Å². The molecule has 0 spiro atoms. The molecule has 0 saturated carbocycles. The van der Waals surface area contributed by atoms with Crippen LogP contribution in [0.3, 0.4) is 0 Å². The molecule has 2 aromatic heterocycles. The van der Waals surface area contributed by atoms with E-state index in [1.54, 1.807) is 6.92 Å². The Morgan fingerprint density at radius 2 is 1.90 bits per heavy atom. The van der Waals surface area contributed by atoms with Gasteiger partial charge >= 0.3 is 0 Å². The Morgan fingerprint density at radius 3 is 2.62 bits per heavy atom. The average molecular weight is 580 g/mol. The lowest BCUT2D eigenvalue weighted by atomic mass is 10.0. The number of aryl methyl sites for hydroxylation is 2. The van der Waals surface area contributed by atoms with Crippen molar-refractivity contribution in [3.8, 4) is 0 Å². The van der Waals surface area contributed by atoms with Crippen LogP contribution in [0.5, 0.6) is 0 Å². The predicted octanol–water partition coefficient (Wildman–Crippen LogP) is 0.999. The molecule has 1 aromatic carbocycles. The zero-order valence-corrected chi connectivity index (χ0v) is 24.0. The molecule has 42 heavy (non-hydrogen) atoms. The van der Waals surface area contributed by atoms with Crippen LogP contribution in [0.4, 0.5) is 0 Å². The van der Waals surface area contributed by atoms with Gasteiger partial charge in [-0.3, -0.25) is 19.2 Å². The molecule has 14 heteroatoms. The van der Waals surface area contributed by atoms with Crippen LogP contribution in [-0.4, -0.2) is 67.4 Å². The van der Waals surface area contributed by atoms with Gasteiger partial charge in [0.25, 0.3) is 5.91 Å². The summed E-state index contributed by atoms with van der Waals surface area (Å²) in [6.45, 7) is 6.11. The lowest BCUT2D eigenvalue weighted by Gasteiger charge is -2.26. The number of aromatic nitrogens is 5. The van der Waals surface area contributed by atoms with Crippen molar-refractivity contribution in [2.75, 3.05) is 6.54 Å². The Bertz CT molecular complexity index is 1370. The third-order valence-corrected chi connectivity index (χ3v) is 7.02. The van der Waals surface area contributed by atoms with Gasteiger partial charge in [0.05, 0.1) is 6.54 Å². The van der Waals surface area contributed by atoms with Gasteiger partial charge in [0.15, 0.2) is 5.69 Å². The minimum atomic E-state index is -0.949. The molecule has 1 aliphatic heterocycles. The van der Waals surface area contributed by atoms with E-state index >= 15 is 0 Å². The van der Waals surface area contributed by atoms with E-state index in [-0.39, 0.29) is 42.8 Å². The second-order valence-electron chi connectivity index (χ2n) is 10.6. The highest BCUT2D eigenvalue weighted by molar-refractivity contribution is 5.93. The minimum Gasteiger partial charge on any atom is -0.446 e. The molecule has 4 amide bonds. The monoisotopic (exact) mass is 579 g/mol. The van der Waals surface area contributed by atoms with Crippen molar-refractivity contribution in [1.82, 2.24) is 46.5 Å². The summed E-state index contributed by atoms with van der Waals surface area (Å²) in [6, 6.07) is 6.84. The van der Waals surface area contributed by atoms with Gasteiger partial charge in [0, 0.05) is 19.4 Å². The Balaban J connectivity index is 1.56. The molecule has 224 valence electrons. The highest BCUT2D eigenvalue weighted by atomic mass is 16.3. The van der Waals surface area contributed by atoms with E-state index < -0.39 is 35.8 Å². The van der Waals surface area contributed by atoms with Crippen molar-refractivity contribution in [3.63, 3.8) is 0 Å². The minimum absolute atomic E-state index is 0.0624. The van der Waals surface area contributed by atoms with Crippen LogP contribution >= 0.6 is 0 Å². The standard InChI is InChI=1S/C28H37N9O5/c1-17(2)24-28-32-22(16-42-28)25(39)29-13-8-7-11-20(30-23(38)12-14-37-18(3)34-35-36-37)26(40)31-21(27(41)33-24)15-19-9-5-4-6-10-19/h4-6,9-10,16-17,20-21,24H,7-8,11-15H2,1-3H3,(H,29,39)(H,30,38)(H,31,40)(H,33,41)/t20-,21-,24-/m0/s1. The molecule has 0 unspecified atom stereocenters. The smallest absolute Gasteiger partial charge is 0.273 e. The Morgan fingerprint density at radius 1 is 1.12 bits per heavy atom. The average Bonchev–Trinajstić information content (AvgIpc) is 3.62. The van der Waals surface area contributed by atoms with Crippen LogP contribution < -0.4 is 21.3 Å². The van der Waals surface area contributed by atoms with Crippen molar-refractivity contribution < 1.29 is 23.6 Å². The van der Waals surface area contributed by atoms with Gasteiger partial charge in [-0.2, -0.15) is 0 Å². The third kappa shape index (κ3) is 8.21. The van der Waals surface area contributed by atoms with Crippen LogP contribution in [0.2, 0.25) is 0 Å². The van der Waals surface area contributed by atoms with Crippen molar-refractivity contribution >= 4 is 23.6 Å². The molecule has 1 aliphatic rings. The summed E-state index contributed by atoms with van der Waals surface area (Å²) in [7, 11) is 0. The maximum atomic E-state index is 13.7. The van der Waals surface area contributed by atoms with Crippen molar-refractivity contribution in [3.05, 3.63) is 59.6 Å². The molecule has 2 bridgehead atoms. The molecule has 4 N–H and O–H groups in total. The van der Waals surface area contributed by atoms with Gasteiger partial charge in [0.1, 0.15) is 30.2 Å². The summed E-state index contributed by atoms with van der Waals surface area (Å²) in [5.41, 5.74) is 0.968. The first-order chi connectivity index (χ1) is 20.2. The second kappa shape index (κ2) is 14.3. The van der Waals surface area contributed by atoms with E-state index in [9.17, 15) is 19.2 Å². The molecule has 4 rings (SSSR count). The number of rotatable bonds is 7. The third-order valence-electron chi connectivity index (χ3n) is 7.02. The van der Waals surface area contributed by atoms with Crippen LogP contribution in [0.25, 0.3) is 0 Å². The number of fused-ring (bicyclic) bond motifs is 2. The van der Waals surface area contributed by atoms with Gasteiger partial charge in [0.2, 0.25) is 23.6 Å². The number of hydrogen-bond donors (Lipinski definition) is 4. The van der Waals surface area contributed by atoms with Crippen molar-refractivity contribution in [2.45, 2.75) is 77.5 Å². The molecule has 0 fully saturated rings. The van der Waals surface area contributed by atoms with Gasteiger partial charge < -0.3 is 25.7 Å². The molecule has 3 atom stereocenters. The van der Waals surface area contributed by atoms with E-state index in [1.165, 1.54) is 10.9 Å². The zero-order chi connectivity index (χ0) is 30.1. The first-order valence-electron chi connectivity index (χ1n) is 14.1. The molecule has 0 aliphatic carbocycles. The first kappa shape index (κ1) is 30.3. The van der Waals surface area contributed by atoms with E-state index in [1.807, 2.05) is 44.2 Å². The summed E-state index contributed by atoms with van der Waals surface area (Å²) < 4.78 is 7.09.